The molecule has 5 nitrogen and oxygen atoms in total. The Kier molecular flexibility index (Phi) is 3.62. The second kappa shape index (κ2) is 5.35. The number of H-pyrrole nitrogens is 1. The minimum Gasteiger partial charge on any atom is -0.493 e. The molecule has 3 N–H and O–H groups in total. The molecule has 94 valence electrons. The number of aromatic nitrogens is 2. The van der Waals surface area contributed by atoms with E-state index >= 15 is 0 Å². The third-order valence-corrected chi connectivity index (χ3v) is 2.37. The first kappa shape index (κ1) is 12.2. The van der Waals surface area contributed by atoms with Crippen molar-refractivity contribution in [2.45, 2.75) is 13.3 Å². The highest BCUT2D eigenvalue weighted by Crippen LogP contribution is 2.26. The zero-order valence-corrected chi connectivity index (χ0v) is 10.1. The lowest BCUT2D eigenvalue weighted by molar-refractivity contribution is 0.318. The molecule has 0 spiro atoms. The maximum absolute atomic E-state index is 11.4. The lowest BCUT2D eigenvalue weighted by atomic mass is 10.2. The molecule has 5 heteroatoms. The quantitative estimate of drug-likeness (QED) is 0.860. The molecule has 18 heavy (non-hydrogen) atoms. The van der Waals surface area contributed by atoms with Crippen molar-refractivity contribution >= 4 is 5.82 Å². The van der Waals surface area contributed by atoms with Crippen molar-refractivity contribution in [3.8, 4) is 17.1 Å². The smallest absolute Gasteiger partial charge is 0.253 e. The van der Waals surface area contributed by atoms with Gasteiger partial charge in [0.1, 0.15) is 17.4 Å². The zero-order valence-electron chi connectivity index (χ0n) is 10.1. The minimum atomic E-state index is -0.275. The summed E-state index contributed by atoms with van der Waals surface area (Å²) in [6.07, 6.45) is 0.912. The highest BCUT2D eigenvalue weighted by Gasteiger charge is 2.08. The van der Waals surface area contributed by atoms with E-state index in [0.717, 1.165) is 12.0 Å². The van der Waals surface area contributed by atoms with Gasteiger partial charge >= 0.3 is 0 Å². The Morgan fingerprint density at radius 1 is 1.39 bits per heavy atom. The van der Waals surface area contributed by atoms with Crippen molar-refractivity contribution in [3.05, 3.63) is 40.7 Å². The van der Waals surface area contributed by atoms with Crippen molar-refractivity contribution in [1.82, 2.24) is 9.97 Å². The first-order valence-corrected chi connectivity index (χ1v) is 5.79. The molecule has 2 rings (SSSR count). The maximum atomic E-state index is 11.4. The summed E-state index contributed by atoms with van der Waals surface area (Å²) in [5, 5.41) is 0. The summed E-state index contributed by atoms with van der Waals surface area (Å²) < 4.78 is 5.62. The van der Waals surface area contributed by atoms with Gasteiger partial charge in [0.15, 0.2) is 0 Å². The van der Waals surface area contributed by atoms with Gasteiger partial charge in [-0.15, -0.1) is 0 Å². The largest absolute Gasteiger partial charge is 0.493 e. The third-order valence-electron chi connectivity index (χ3n) is 2.37. The topological polar surface area (TPSA) is 81.0 Å². The van der Waals surface area contributed by atoms with Crippen LogP contribution in [0.2, 0.25) is 0 Å². The van der Waals surface area contributed by atoms with Gasteiger partial charge in [-0.05, 0) is 18.6 Å². The molecule has 1 heterocycles. The molecule has 1 aromatic heterocycles. The Morgan fingerprint density at radius 3 is 2.89 bits per heavy atom. The number of nitrogens with zero attached hydrogens (tertiary/aromatic N) is 1. The monoisotopic (exact) mass is 245 g/mol. The molecule has 0 amide bonds. The van der Waals surface area contributed by atoms with Crippen molar-refractivity contribution in [3.63, 3.8) is 0 Å². The fourth-order valence-corrected chi connectivity index (χ4v) is 1.60. The SMILES string of the molecule is CCCOc1ccccc1-c1nc(N)cc(=O)[nH]1. The first-order chi connectivity index (χ1) is 8.70. The second-order valence-corrected chi connectivity index (χ2v) is 3.86. The van der Waals surface area contributed by atoms with Crippen molar-refractivity contribution in [2.75, 3.05) is 12.3 Å². The molecular weight excluding hydrogens is 230 g/mol. The van der Waals surface area contributed by atoms with E-state index in [0.29, 0.717) is 18.2 Å². The molecule has 0 unspecified atom stereocenters. The van der Waals surface area contributed by atoms with Crippen molar-refractivity contribution < 1.29 is 4.74 Å². The molecular formula is C13H15N3O2. The number of hydrogen-bond donors (Lipinski definition) is 2. The van der Waals surface area contributed by atoms with E-state index in [2.05, 4.69) is 9.97 Å². The Bertz CT molecular complexity index is 593. The molecule has 2 aromatic rings. The summed E-state index contributed by atoms with van der Waals surface area (Å²) in [6, 6.07) is 8.66. The Hall–Kier alpha value is -2.30. The van der Waals surface area contributed by atoms with E-state index in [1.165, 1.54) is 6.07 Å². The Balaban J connectivity index is 2.46. The van der Waals surface area contributed by atoms with Gasteiger partial charge in [0.2, 0.25) is 0 Å². The number of ether oxygens (including phenoxy) is 1. The Labute approximate surface area is 105 Å². The summed E-state index contributed by atoms with van der Waals surface area (Å²) in [7, 11) is 0. The molecule has 0 radical (unpaired) electrons. The molecule has 0 aliphatic heterocycles. The number of anilines is 1. The van der Waals surface area contributed by atoms with Crippen LogP contribution in [-0.2, 0) is 0 Å². The number of nitrogen functional groups attached to an aromatic ring is 1. The average Bonchev–Trinajstić information content (AvgIpc) is 2.35. The fraction of sp³-hybridized carbons (Fsp3) is 0.231. The van der Waals surface area contributed by atoms with Crippen LogP contribution < -0.4 is 16.0 Å². The van der Waals surface area contributed by atoms with Crippen LogP contribution in [0.5, 0.6) is 5.75 Å². The van der Waals surface area contributed by atoms with Crippen LogP contribution in [-0.4, -0.2) is 16.6 Å². The van der Waals surface area contributed by atoms with Gasteiger partial charge in [0.25, 0.3) is 5.56 Å². The maximum Gasteiger partial charge on any atom is 0.253 e. The predicted molar refractivity (Wildman–Crippen MR) is 70.5 cm³/mol. The van der Waals surface area contributed by atoms with Gasteiger partial charge < -0.3 is 15.5 Å². The van der Waals surface area contributed by atoms with Crippen LogP contribution >= 0.6 is 0 Å². The van der Waals surface area contributed by atoms with E-state index in [1.54, 1.807) is 0 Å². The van der Waals surface area contributed by atoms with E-state index in [4.69, 9.17) is 10.5 Å². The zero-order chi connectivity index (χ0) is 13.0. The van der Waals surface area contributed by atoms with E-state index in [9.17, 15) is 4.79 Å². The third kappa shape index (κ3) is 2.68. The molecule has 1 aromatic carbocycles. The number of nitrogens with two attached hydrogens (primary N) is 1. The van der Waals surface area contributed by atoms with Gasteiger partial charge in [-0.3, -0.25) is 4.79 Å². The highest BCUT2D eigenvalue weighted by atomic mass is 16.5. The van der Waals surface area contributed by atoms with Gasteiger partial charge in [-0.2, -0.15) is 0 Å². The number of rotatable bonds is 4. The number of benzene rings is 1. The van der Waals surface area contributed by atoms with Gasteiger partial charge in [-0.25, -0.2) is 4.98 Å². The highest BCUT2D eigenvalue weighted by molar-refractivity contribution is 5.64. The van der Waals surface area contributed by atoms with Crippen LogP contribution in [0.25, 0.3) is 11.4 Å². The van der Waals surface area contributed by atoms with Crippen LogP contribution in [0.1, 0.15) is 13.3 Å². The van der Waals surface area contributed by atoms with Crippen LogP contribution in [0.4, 0.5) is 5.82 Å². The molecule has 0 saturated heterocycles. The van der Waals surface area contributed by atoms with Crippen LogP contribution in [0, 0.1) is 0 Å². The van der Waals surface area contributed by atoms with E-state index in [-0.39, 0.29) is 11.4 Å². The minimum absolute atomic E-state index is 0.194. The summed E-state index contributed by atoms with van der Waals surface area (Å²) in [5.74, 6) is 1.30. The predicted octanol–water partition coefficient (Wildman–Crippen LogP) is 1.81. The lowest BCUT2D eigenvalue weighted by Crippen LogP contribution is -2.10. The van der Waals surface area contributed by atoms with Crippen molar-refractivity contribution in [2.24, 2.45) is 0 Å². The molecule has 0 aliphatic carbocycles. The van der Waals surface area contributed by atoms with Gasteiger partial charge in [0.05, 0.1) is 12.2 Å². The normalized spacial score (nSPS) is 10.3. The summed E-state index contributed by atoms with van der Waals surface area (Å²) >= 11 is 0. The standard InChI is InChI=1S/C13H15N3O2/c1-2-7-18-10-6-4-3-5-9(10)13-15-11(14)8-12(17)16-13/h3-6,8H,2,7H2,1H3,(H3,14,15,16,17). The van der Waals surface area contributed by atoms with E-state index < -0.39 is 0 Å². The lowest BCUT2D eigenvalue weighted by Gasteiger charge is -2.10. The van der Waals surface area contributed by atoms with E-state index in [1.807, 2.05) is 31.2 Å². The Morgan fingerprint density at radius 2 is 2.17 bits per heavy atom. The number of hydrogen-bond acceptors (Lipinski definition) is 4. The summed E-state index contributed by atoms with van der Waals surface area (Å²) in [5.41, 5.74) is 6.03. The molecule has 0 fully saturated rings. The van der Waals surface area contributed by atoms with Gasteiger partial charge in [-0.1, -0.05) is 19.1 Å². The number of nitrogens with one attached hydrogen (secondary N) is 1. The second-order valence-electron chi connectivity index (χ2n) is 3.86. The molecule has 0 bridgehead atoms. The van der Waals surface area contributed by atoms with Crippen molar-refractivity contribution in [1.29, 1.82) is 0 Å². The summed E-state index contributed by atoms with van der Waals surface area (Å²) in [6.45, 7) is 2.65. The van der Waals surface area contributed by atoms with Crippen LogP contribution in [0.3, 0.4) is 0 Å². The average molecular weight is 245 g/mol. The molecule has 0 atom stereocenters. The molecule has 0 aliphatic rings. The first-order valence-electron chi connectivity index (χ1n) is 5.79. The van der Waals surface area contributed by atoms with Crippen LogP contribution in [0.15, 0.2) is 35.1 Å². The fourth-order valence-electron chi connectivity index (χ4n) is 1.60. The van der Waals surface area contributed by atoms with Gasteiger partial charge in [0, 0.05) is 6.07 Å². The molecule has 0 saturated carbocycles. The summed E-state index contributed by atoms with van der Waals surface area (Å²) in [4.78, 5) is 18.2. The number of para-hydroxylation sites is 1. The number of aromatic amines is 1.